The first-order valence-corrected chi connectivity index (χ1v) is 7.90. The number of para-hydroxylation sites is 2. The Labute approximate surface area is 150 Å². The molecule has 0 bridgehead atoms. The summed E-state index contributed by atoms with van der Waals surface area (Å²) < 4.78 is 15.8. The second kappa shape index (κ2) is 8.52. The summed E-state index contributed by atoms with van der Waals surface area (Å²) in [7, 11) is 1.54. The molecule has 0 spiro atoms. The second-order valence-electron chi connectivity index (χ2n) is 5.22. The van der Waals surface area contributed by atoms with Crippen LogP contribution in [0.1, 0.15) is 5.76 Å². The smallest absolute Gasteiger partial charge is 0.263 e. The van der Waals surface area contributed by atoms with Gasteiger partial charge >= 0.3 is 0 Å². The monoisotopic (exact) mass is 354 g/mol. The van der Waals surface area contributed by atoms with Crippen LogP contribution in [0.2, 0.25) is 0 Å². The number of rotatable bonds is 8. The number of amides is 1. The molecule has 0 radical (unpaired) electrons. The van der Waals surface area contributed by atoms with E-state index >= 15 is 0 Å². The van der Waals surface area contributed by atoms with Crippen molar-refractivity contribution in [1.29, 1.82) is 0 Å². The minimum atomic E-state index is -0.346. The molecule has 0 aliphatic heterocycles. The summed E-state index contributed by atoms with van der Waals surface area (Å²) in [6.07, 6.45) is 1.61. The molecule has 8 nitrogen and oxygen atoms in total. The number of hydrogen-bond donors (Lipinski definition) is 2. The maximum Gasteiger partial charge on any atom is 0.263 e. The van der Waals surface area contributed by atoms with Crippen LogP contribution in [0.3, 0.4) is 0 Å². The van der Waals surface area contributed by atoms with Crippen molar-refractivity contribution in [2.75, 3.05) is 24.4 Å². The summed E-state index contributed by atoms with van der Waals surface area (Å²) in [5, 5.41) is 13.6. The molecule has 0 aliphatic carbocycles. The molecular formula is C18H18N4O4. The second-order valence-corrected chi connectivity index (χ2v) is 5.22. The fourth-order valence-electron chi connectivity index (χ4n) is 2.14. The average molecular weight is 354 g/mol. The highest BCUT2D eigenvalue weighted by Gasteiger charge is 2.08. The highest BCUT2D eigenvalue weighted by Crippen LogP contribution is 2.25. The molecule has 0 unspecified atom stereocenters. The van der Waals surface area contributed by atoms with E-state index < -0.39 is 0 Å². The van der Waals surface area contributed by atoms with Gasteiger partial charge in [0.25, 0.3) is 5.91 Å². The number of anilines is 2. The minimum absolute atomic E-state index is 0.166. The van der Waals surface area contributed by atoms with E-state index in [1.807, 2.05) is 18.2 Å². The number of nitrogens with one attached hydrogen (secondary N) is 2. The van der Waals surface area contributed by atoms with Gasteiger partial charge in [0.15, 0.2) is 23.9 Å². The first-order chi connectivity index (χ1) is 12.7. The first kappa shape index (κ1) is 17.3. The van der Waals surface area contributed by atoms with Gasteiger partial charge in [-0.15, -0.1) is 10.2 Å². The Balaban J connectivity index is 1.48. The van der Waals surface area contributed by atoms with Crippen LogP contribution < -0.4 is 20.1 Å². The molecule has 2 aromatic heterocycles. The van der Waals surface area contributed by atoms with Crippen molar-refractivity contribution in [1.82, 2.24) is 10.2 Å². The Kier molecular flexibility index (Phi) is 5.66. The highest BCUT2D eigenvalue weighted by molar-refractivity contribution is 5.90. The molecule has 0 saturated heterocycles. The summed E-state index contributed by atoms with van der Waals surface area (Å²) in [4.78, 5) is 12.0. The average Bonchev–Trinajstić information content (AvgIpc) is 3.20. The molecule has 1 aromatic carbocycles. The quantitative estimate of drug-likeness (QED) is 0.642. The Hall–Kier alpha value is -3.55. The van der Waals surface area contributed by atoms with Crippen LogP contribution in [-0.2, 0) is 11.3 Å². The lowest BCUT2D eigenvalue weighted by molar-refractivity contribution is -0.118. The number of nitrogens with zero attached hydrogens (tertiary/aromatic N) is 2. The molecule has 0 aliphatic rings. The summed E-state index contributed by atoms with van der Waals surface area (Å²) in [5.74, 6) is 2.41. The third-order valence-corrected chi connectivity index (χ3v) is 3.38. The number of ether oxygens (including phenoxy) is 2. The number of carbonyl (C=O) groups excluding carboxylic acids is 1. The molecule has 2 heterocycles. The Bertz CT molecular complexity index is 835. The topological polar surface area (TPSA) is 98.5 Å². The van der Waals surface area contributed by atoms with Crippen molar-refractivity contribution in [3.8, 4) is 11.5 Å². The fourth-order valence-corrected chi connectivity index (χ4v) is 2.14. The van der Waals surface area contributed by atoms with Crippen molar-refractivity contribution in [3.63, 3.8) is 0 Å². The van der Waals surface area contributed by atoms with Crippen molar-refractivity contribution in [2.45, 2.75) is 6.54 Å². The van der Waals surface area contributed by atoms with Gasteiger partial charge in [-0.2, -0.15) is 0 Å². The van der Waals surface area contributed by atoms with E-state index in [0.29, 0.717) is 29.7 Å². The summed E-state index contributed by atoms with van der Waals surface area (Å²) in [6.45, 7) is 0.334. The standard InChI is InChI=1S/C18H18N4O4/c1-24-14-6-2-3-7-15(14)26-12-18(23)20-17-9-8-16(21-22-17)19-11-13-5-4-10-25-13/h2-10H,11-12H2,1H3,(H,19,21)(H,20,22,23). The molecular weight excluding hydrogens is 336 g/mol. The molecule has 3 aromatic rings. The number of furan rings is 1. The molecule has 26 heavy (non-hydrogen) atoms. The van der Waals surface area contributed by atoms with Crippen LogP contribution >= 0.6 is 0 Å². The molecule has 2 N–H and O–H groups in total. The lowest BCUT2D eigenvalue weighted by atomic mass is 10.3. The molecule has 134 valence electrons. The number of benzene rings is 1. The maximum absolute atomic E-state index is 12.0. The van der Waals surface area contributed by atoms with Gasteiger partial charge in [0.2, 0.25) is 0 Å². The van der Waals surface area contributed by atoms with E-state index in [4.69, 9.17) is 13.9 Å². The van der Waals surface area contributed by atoms with Gasteiger partial charge < -0.3 is 24.5 Å². The molecule has 0 atom stereocenters. The van der Waals surface area contributed by atoms with Crippen LogP contribution in [0, 0.1) is 0 Å². The van der Waals surface area contributed by atoms with Gasteiger partial charge in [0.05, 0.1) is 19.9 Å². The largest absolute Gasteiger partial charge is 0.493 e. The van der Waals surface area contributed by atoms with Gasteiger partial charge in [0, 0.05) is 0 Å². The number of aromatic nitrogens is 2. The van der Waals surface area contributed by atoms with Crippen LogP contribution in [0.5, 0.6) is 11.5 Å². The number of methoxy groups -OCH3 is 1. The Morgan fingerprint density at radius 2 is 1.81 bits per heavy atom. The predicted molar refractivity (Wildman–Crippen MR) is 95.2 cm³/mol. The summed E-state index contributed by atoms with van der Waals surface area (Å²) in [6, 6.07) is 14.1. The minimum Gasteiger partial charge on any atom is -0.493 e. The zero-order valence-corrected chi connectivity index (χ0v) is 14.1. The van der Waals surface area contributed by atoms with E-state index in [2.05, 4.69) is 20.8 Å². The molecule has 0 saturated carbocycles. The van der Waals surface area contributed by atoms with Crippen molar-refractivity contribution < 1.29 is 18.7 Å². The third-order valence-electron chi connectivity index (χ3n) is 3.38. The normalized spacial score (nSPS) is 10.2. The van der Waals surface area contributed by atoms with Crippen molar-refractivity contribution in [3.05, 3.63) is 60.6 Å². The maximum atomic E-state index is 12.0. The summed E-state index contributed by atoms with van der Waals surface area (Å²) in [5.41, 5.74) is 0. The molecule has 1 amide bonds. The van der Waals surface area contributed by atoms with E-state index in [1.54, 1.807) is 43.7 Å². The lowest BCUT2D eigenvalue weighted by Crippen LogP contribution is -2.21. The van der Waals surface area contributed by atoms with Gasteiger partial charge in [-0.05, 0) is 36.4 Å². The third kappa shape index (κ3) is 4.73. The molecule has 0 fully saturated rings. The van der Waals surface area contributed by atoms with E-state index in [-0.39, 0.29) is 12.5 Å². The van der Waals surface area contributed by atoms with Gasteiger partial charge in [0.1, 0.15) is 11.6 Å². The Morgan fingerprint density at radius 3 is 2.50 bits per heavy atom. The van der Waals surface area contributed by atoms with Gasteiger partial charge in [-0.3, -0.25) is 4.79 Å². The lowest BCUT2D eigenvalue weighted by Gasteiger charge is -2.10. The molecule has 8 heteroatoms. The van der Waals surface area contributed by atoms with Gasteiger partial charge in [-0.25, -0.2) is 0 Å². The number of carbonyl (C=O) groups is 1. The fraction of sp³-hybridized carbons (Fsp3) is 0.167. The summed E-state index contributed by atoms with van der Waals surface area (Å²) >= 11 is 0. The molecule has 3 rings (SSSR count). The van der Waals surface area contributed by atoms with E-state index in [9.17, 15) is 4.79 Å². The number of hydrogen-bond acceptors (Lipinski definition) is 7. The zero-order chi connectivity index (χ0) is 18.2. The van der Waals surface area contributed by atoms with Crippen molar-refractivity contribution in [2.24, 2.45) is 0 Å². The van der Waals surface area contributed by atoms with Crippen molar-refractivity contribution >= 4 is 17.5 Å². The zero-order valence-electron chi connectivity index (χ0n) is 14.1. The van der Waals surface area contributed by atoms with E-state index in [0.717, 1.165) is 5.76 Å². The van der Waals surface area contributed by atoms with E-state index in [1.165, 1.54) is 0 Å². The first-order valence-electron chi connectivity index (χ1n) is 7.90. The SMILES string of the molecule is COc1ccccc1OCC(=O)Nc1ccc(NCc2ccco2)nn1. The predicted octanol–water partition coefficient (Wildman–Crippen LogP) is 2.71. The van der Waals surface area contributed by atoms with Gasteiger partial charge in [-0.1, -0.05) is 12.1 Å². The van der Waals surface area contributed by atoms with Crippen LogP contribution in [0.4, 0.5) is 11.6 Å². The highest BCUT2D eigenvalue weighted by atomic mass is 16.5. The van der Waals surface area contributed by atoms with Crippen LogP contribution in [-0.4, -0.2) is 29.8 Å². The van der Waals surface area contributed by atoms with Crippen LogP contribution in [0.15, 0.2) is 59.2 Å². The Morgan fingerprint density at radius 1 is 1.04 bits per heavy atom. The van der Waals surface area contributed by atoms with Crippen LogP contribution in [0.25, 0.3) is 0 Å².